The van der Waals surface area contributed by atoms with Gasteiger partial charge in [-0.1, -0.05) is 6.07 Å². The monoisotopic (exact) mass is 280 g/mol. The predicted molar refractivity (Wildman–Crippen MR) is 75.4 cm³/mol. The number of nitrogens with one attached hydrogen (secondary N) is 1. The van der Waals surface area contributed by atoms with Crippen LogP contribution in [0, 0.1) is 6.92 Å². The van der Waals surface area contributed by atoms with Gasteiger partial charge in [0.15, 0.2) is 6.61 Å². The topological polar surface area (TPSA) is 90.6 Å². The molecule has 1 rings (SSSR count). The van der Waals surface area contributed by atoms with Crippen molar-refractivity contribution >= 4 is 17.6 Å². The van der Waals surface area contributed by atoms with Crippen molar-refractivity contribution < 1.29 is 19.1 Å². The summed E-state index contributed by atoms with van der Waals surface area (Å²) in [4.78, 5) is 23.4. The van der Waals surface area contributed by atoms with Crippen molar-refractivity contribution in [3.63, 3.8) is 0 Å². The molecule has 6 nitrogen and oxygen atoms in total. The first-order valence-electron chi connectivity index (χ1n) is 6.26. The lowest BCUT2D eigenvalue weighted by Gasteiger charge is -2.13. The molecule has 0 spiro atoms. The normalized spacial score (nSPS) is 11.8. The van der Waals surface area contributed by atoms with Crippen LogP contribution >= 0.6 is 0 Å². The summed E-state index contributed by atoms with van der Waals surface area (Å²) in [5.74, 6) is -0.936. The molecule has 1 aromatic carbocycles. The number of anilines is 1. The van der Waals surface area contributed by atoms with Crippen molar-refractivity contribution in [1.29, 1.82) is 0 Å². The maximum Gasteiger partial charge on any atom is 0.338 e. The molecule has 3 N–H and O–H groups in total. The Morgan fingerprint density at radius 1 is 1.40 bits per heavy atom. The first-order chi connectivity index (χ1) is 9.45. The van der Waals surface area contributed by atoms with Gasteiger partial charge in [0.25, 0.3) is 5.91 Å². The number of ether oxygens (including phenoxy) is 2. The van der Waals surface area contributed by atoms with Gasteiger partial charge < -0.3 is 20.5 Å². The van der Waals surface area contributed by atoms with E-state index in [0.29, 0.717) is 23.4 Å². The number of hydrogen-bond donors (Lipinski definition) is 2. The fourth-order valence-corrected chi connectivity index (χ4v) is 1.69. The third-order valence-electron chi connectivity index (χ3n) is 2.75. The minimum absolute atomic E-state index is 0.139. The van der Waals surface area contributed by atoms with E-state index in [-0.39, 0.29) is 18.6 Å². The van der Waals surface area contributed by atoms with Crippen molar-refractivity contribution in [3.05, 3.63) is 29.3 Å². The Bertz CT molecular complexity index is 488. The number of methoxy groups -OCH3 is 1. The van der Waals surface area contributed by atoms with Crippen LogP contribution in [0.15, 0.2) is 18.2 Å². The SMILES string of the molecule is COCC(C)NC(=O)COC(=O)c1cccc(N)c1C. The summed E-state index contributed by atoms with van der Waals surface area (Å²) in [7, 11) is 1.55. The van der Waals surface area contributed by atoms with Crippen LogP contribution < -0.4 is 11.1 Å². The van der Waals surface area contributed by atoms with Crippen LogP contribution in [0.3, 0.4) is 0 Å². The van der Waals surface area contributed by atoms with Gasteiger partial charge in [-0.25, -0.2) is 4.79 Å². The van der Waals surface area contributed by atoms with Gasteiger partial charge in [0.1, 0.15) is 0 Å². The van der Waals surface area contributed by atoms with Crippen molar-refractivity contribution in [2.75, 3.05) is 26.1 Å². The van der Waals surface area contributed by atoms with E-state index < -0.39 is 5.97 Å². The highest BCUT2D eigenvalue weighted by Crippen LogP contribution is 2.16. The predicted octanol–water partition coefficient (Wildman–Crippen LogP) is 0.885. The van der Waals surface area contributed by atoms with Crippen LogP contribution in [-0.2, 0) is 14.3 Å². The highest BCUT2D eigenvalue weighted by Gasteiger charge is 2.14. The van der Waals surface area contributed by atoms with Gasteiger partial charge in [0, 0.05) is 18.8 Å². The standard InChI is InChI=1S/C14H20N2O4/c1-9(7-19-3)16-13(17)8-20-14(18)11-5-4-6-12(15)10(11)2/h4-6,9H,7-8,15H2,1-3H3,(H,16,17). The second-order valence-electron chi connectivity index (χ2n) is 4.52. The molecule has 0 fully saturated rings. The summed E-state index contributed by atoms with van der Waals surface area (Å²) in [5.41, 5.74) is 7.23. The molecule has 1 aromatic rings. The molecule has 0 bridgehead atoms. The number of hydrogen-bond acceptors (Lipinski definition) is 5. The van der Waals surface area contributed by atoms with E-state index in [4.69, 9.17) is 15.2 Å². The first-order valence-corrected chi connectivity index (χ1v) is 6.26. The van der Waals surface area contributed by atoms with Crippen molar-refractivity contribution in [2.24, 2.45) is 0 Å². The third kappa shape index (κ3) is 4.55. The van der Waals surface area contributed by atoms with Crippen LogP contribution in [0.2, 0.25) is 0 Å². The maximum atomic E-state index is 11.9. The zero-order chi connectivity index (χ0) is 15.1. The Morgan fingerprint density at radius 2 is 2.10 bits per heavy atom. The average Bonchev–Trinajstić information content (AvgIpc) is 2.39. The molecule has 0 aliphatic heterocycles. The molecule has 0 radical (unpaired) electrons. The van der Waals surface area contributed by atoms with E-state index in [0.717, 1.165) is 0 Å². The van der Waals surface area contributed by atoms with Crippen molar-refractivity contribution in [1.82, 2.24) is 5.32 Å². The minimum Gasteiger partial charge on any atom is -0.452 e. The number of amides is 1. The Balaban J connectivity index is 2.51. The number of rotatable bonds is 6. The van der Waals surface area contributed by atoms with E-state index >= 15 is 0 Å². The number of benzene rings is 1. The van der Waals surface area contributed by atoms with Crippen LogP contribution in [0.1, 0.15) is 22.8 Å². The van der Waals surface area contributed by atoms with Crippen LogP contribution in [-0.4, -0.2) is 38.2 Å². The molecule has 0 aliphatic carbocycles. The van der Waals surface area contributed by atoms with Crippen molar-refractivity contribution in [3.8, 4) is 0 Å². The van der Waals surface area contributed by atoms with E-state index in [1.54, 1.807) is 39.2 Å². The molecule has 0 aliphatic rings. The minimum atomic E-state index is -0.565. The highest BCUT2D eigenvalue weighted by molar-refractivity contribution is 5.94. The average molecular weight is 280 g/mol. The molecule has 20 heavy (non-hydrogen) atoms. The highest BCUT2D eigenvalue weighted by atomic mass is 16.5. The molecular formula is C14H20N2O4. The van der Waals surface area contributed by atoms with Gasteiger partial charge in [0.05, 0.1) is 12.2 Å². The number of carbonyl (C=O) groups excluding carboxylic acids is 2. The van der Waals surface area contributed by atoms with E-state index in [9.17, 15) is 9.59 Å². The summed E-state index contributed by atoms with van der Waals surface area (Å²) in [6.07, 6.45) is 0. The molecule has 6 heteroatoms. The van der Waals surface area contributed by atoms with E-state index in [2.05, 4.69) is 5.32 Å². The lowest BCUT2D eigenvalue weighted by Crippen LogP contribution is -2.38. The molecule has 1 unspecified atom stereocenters. The molecule has 0 saturated heterocycles. The molecule has 0 heterocycles. The molecule has 1 amide bonds. The molecular weight excluding hydrogens is 260 g/mol. The Hall–Kier alpha value is -2.08. The van der Waals surface area contributed by atoms with Gasteiger partial charge in [-0.3, -0.25) is 4.79 Å². The fraction of sp³-hybridized carbons (Fsp3) is 0.429. The first kappa shape index (κ1) is 16.0. The molecule has 110 valence electrons. The van der Waals surface area contributed by atoms with Crippen LogP contribution in [0.5, 0.6) is 0 Å². The number of nitrogen functional groups attached to an aromatic ring is 1. The summed E-state index contributed by atoms with van der Waals surface area (Å²) in [6, 6.07) is 4.84. The fourth-order valence-electron chi connectivity index (χ4n) is 1.69. The smallest absolute Gasteiger partial charge is 0.338 e. The van der Waals surface area contributed by atoms with E-state index in [1.807, 2.05) is 0 Å². The summed E-state index contributed by atoms with van der Waals surface area (Å²) >= 11 is 0. The van der Waals surface area contributed by atoms with Gasteiger partial charge in [-0.2, -0.15) is 0 Å². The lowest BCUT2D eigenvalue weighted by molar-refractivity contribution is -0.125. The summed E-state index contributed by atoms with van der Waals surface area (Å²) in [5, 5.41) is 2.65. The third-order valence-corrected chi connectivity index (χ3v) is 2.75. The van der Waals surface area contributed by atoms with E-state index in [1.165, 1.54) is 0 Å². The number of carbonyl (C=O) groups is 2. The number of nitrogens with two attached hydrogens (primary N) is 1. The second-order valence-corrected chi connectivity index (χ2v) is 4.52. The second kappa shape index (κ2) is 7.49. The van der Waals surface area contributed by atoms with Crippen molar-refractivity contribution in [2.45, 2.75) is 19.9 Å². The summed E-state index contributed by atoms with van der Waals surface area (Å²) in [6.45, 7) is 3.59. The van der Waals surface area contributed by atoms with Gasteiger partial charge in [-0.05, 0) is 31.5 Å². The van der Waals surface area contributed by atoms with Gasteiger partial charge in [0.2, 0.25) is 0 Å². The lowest BCUT2D eigenvalue weighted by atomic mass is 10.1. The number of esters is 1. The van der Waals surface area contributed by atoms with Gasteiger partial charge in [-0.15, -0.1) is 0 Å². The molecule has 0 saturated carbocycles. The Labute approximate surface area is 118 Å². The van der Waals surface area contributed by atoms with Gasteiger partial charge >= 0.3 is 5.97 Å². The largest absolute Gasteiger partial charge is 0.452 e. The zero-order valence-corrected chi connectivity index (χ0v) is 11.9. The molecule has 1 atom stereocenters. The summed E-state index contributed by atoms with van der Waals surface area (Å²) < 4.78 is 9.85. The van der Waals surface area contributed by atoms with Crippen LogP contribution in [0.25, 0.3) is 0 Å². The Morgan fingerprint density at radius 3 is 2.75 bits per heavy atom. The van der Waals surface area contributed by atoms with Crippen LogP contribution in [0.4, 0.5) is 5.69 Å². The Kier molecular flexibility index (Phi) is 5.99. The quantitative estimate of drug-likeness (QED) is 0.596. The molecule has 0 aromatic heterocycles. The zero-order valence-electron chi connectivity index (χ0n) is 11.9. The maximum absolute atomic E-state index is 11.9.